The van der Waals surface area contributed by atoms with E-state index in [0.29, 0.717) is 31.3 Å². The molecule has 6 heteroatoms. The molecule has 1 saturated carbocycles. The molecule has 4 rings (SSSR count). The number of hydrogen-bond donors (Lipinski definition) is 1. The predicted octanol–water partition coefficient (Wildman–Crippen LogP) is 5.91. The van der Waals surface area contributed by atoms with Gasteiger partial charge in [-0.3, -0.25) is 4.90 Å². The van der Waals surface area contributed by atoms with Gasteiger partial charge in [0.15, 0.2) is 11.6 Å². The fourth-order valence-electron chi connectivity index (χ4n) is 4.19. The van der Waals surface area contributed by atoms with Gasteiger partial charge in [-0.1, -0.05) is 43.3 Å². The molecule has 2 aromatic carbocycles. The first kappa shape index (κ1) is 24.2. The second kappa shape index (κ2) is 11.4. The fraction of sp³-hybridized carbons (Fsp3) is 0.393. The highest BCUT2D eigenvalue weighted by molar-refractivity contribution is 5.44. The Bertz CT molecular complexity index is 1080. The standard InChI is InChI=1S/C28H34FN3O2/c1-3-5-13-23(33)19-31(18-21-16-17-21)20-24-26(4-2)30-32(22-11-7-6-8-12-22)28(24)34-27-15-10-9-14-25(27)29/h3,6-12,14-15,21,23,33H,1,4-5,13,16-20H2,2H3/t23-/m0/s1. The number of aliphatic hydroxyl groups is 1. The van der Waals surface area contributed by atoms with Gasteiger partial charge in [-0.05, 0) is 62.3 Å². The third-order valence-corrected chi connectivity index (χ3v) is 6.17. The SMILES string of the molecule is C=CCC[C@H](O)CN(Cc1c(CC)nn(-c2ccccc2)c1Oc1ccccc1F)CC1CC1. The van der Waals surface area contributed by atoms with Gasteiger partial charge in [-0.25, -0.2) is 9.07 Å². The Morgan fingerprint density at radius 3 is 2.62 bits per heavy atom. The van der Waals surface area contributed by atoms with Crippen LogP contribution in [-0.2, 0) is 13.0 Å². The van der Waals surface area contributed by atoms with Crippen LogP contribution in [0.4, 0.5) is 4.39 Å². The summed E-state index contributed by atoms with van der Waals surface area (Å²) in [5.74, 6) is 0.941. The molecule has 1 aliphatic rings. The van der Waals surface area contributed by atoms with Crippen LogP contribution in [0, 0.1) is 11.7 Å². The largest absolute Gasteiger partial charge is 0.435 e. The maximum Gasteiger partial charge on any atom is 0.227 e. The second-order valence-electron chi connectivity index (χ2n) is 9.02. The lowest BCUT2D eigenvalue weighted by molar-refractivity contribution is 0.0990. The first-order chi connectivity index (χ1) is 16.6. The minimum atomic E-state index is -0.429. The van der Waals surface area contributed by atoms with Crippen molar-refractivity contribution >= 4 is 0 Å². The third kappa shape index (κ3) is 6.13. The molecule has 1 atom stereocenters. The van der Waals surface area contributed by atoms with Gasteiger partial charge in [0.2, 0.25) is 5.88 Å². The predicted molar refractivity (Wildman–Crippen MR) is 133 cm³/mol. The van der Waals surface area contributed by atoms with Gasteiger partial charge in [-0.15, -0.1) is 6.58 Å². The van der Waals surface area contributed by atoms with Gasteiger partial charge in [-0.2, -0.15) is 5.10 Å². The highest BCUT2D eigenvalue weighted by Gasteiger charge is 2.28. The molecule has 0 spiro atoms. The number of aryl methyl sites for hydroxylation is 1. The first-order valence-corrected chi connectivity index (χ1v) is 12.2. The van der Waals surface area contributed by atoms with Crippen molar-refractivity contribution in [2.75, 3.05) is 13.1 Å². The number of nitrogens with zero attached hydrogens (tertiary/aromatic N) is 3. The monoisotopic (exact) mass is 463 g/mol. The average molecular weight is 464 g/mol. The van der Waals surface area contributed by atoms with Gasteiger partial charge >= 0.3 is 0 Å². The van der Waals surface area contributed by atoms with Gasteiger partial charge in [0.25, 0.3) is 0 Å². The summed E-state index contributed by atoms with van der Waals surface area (Å²) >= 11 is 0. The lowest BCUT2D eigenvalue weighted by atomic mass is 10.1. The van der Waals surface area contributed by atoms with Crippen LogP contribution in [0.5, 0.6) is 11.6 Å². The topological polar surface area (TPSA) is 50.5 Å². The van der Waals surface area contributed by atoms with Crippen molar-refractivity contribution in [2.24, 2.45) is 5.92 Å². The van der Waals surface area contributed by atoms with E-state index >= 15 is 0 Å². The summed E-state index contributed by atoms with van der Waals surface area (Å²) in [6.45, 7) is 7.91. The molecule has 3 aromatic rings. The van der Waals surface area contributed by atoms with E-state index in [9.17, 15) is 9.50 Å². The van der Waals surface area contributed by atoms with Crippen LogP contribution in [-0.4, -0.2) is 39.0 Å². The number of aromatic nitrogens is 2. The Labute approximate surface area is 201 Å². The van der Waals surface area contributed by atoms with E-state index in [1.54, 1.807) is 22.9 Å². The number of allylic oxidation sites excluding steroid dienone is 1. The molecule has 0 saturated heterocycles. The van der Waals surface area contributed by atoms with Crippen molar-refractivity contribution < 1.29 is 14.2 Å². The molecule has 1 aromatic heterocycles. The van der Waals surface area contributed by atoms with Crippen molar-refractivity contribution in [1.82, 2.24) is 14.7 Å². The lowest BCUT2D eigenvalue weighted by Crippen LogP contribution is -2.34. The molecular formula is C28H34FN3O2. The Hall–Kier alpha value is -2.96. The highest BCUT2D eigenvalue weighted by Crippen LogP contribution is 2.35. The maximum atomic E-state index is 14.6. The van der Waals surface area contributed by atoms with E-state index in [0.717, 1.165) is 36.3 Å². The van der Waals surface area contributed by atoms with Crippen LogP contribution in [0.15, 0.2) is 67.3 Å². The number of para-hydroxylation sites is 2. The fourth-order valence-corrected chi connectivity index (χ4v) is 4.19. The molecule has 0 unspecified atom stereocenters. The Balaban J connectivity index is 1.70. The normalized spacial score (nSPS) is 14.4. The average Bonchev–Trinajstić information content (AvgIpc) is 3.60. The van der Waals surface area contributed by atoms with Crippen LogP contribution in [0.3, 0.4) is 0 Å². The molecule has 5 nitrogen and oxygen atoms in total. The zero-order valence-corrected chi connectivity index (χ0v) is 19.9. The second-order valence-corrected chi connectivity index (χ2v) is 9.02. The Morgan fingerprint density at radius 1 is 1.21 bits per heavy atom. The van der Waals surface area contributed by atoms with Gasteiger partial charge in [0.1, 0.15) is 0 Å². The lowest BCUT2D eigenvalue weighted by Gasteiger charge is -2.25. The van der Waals surface area contributed by atoms with E-state index in [4.69, 9.17) is 9.84 Å². The Kier molecular flexibility index (Phi) is 8.14. The zero-order valence-electron chi connectivity index (χ0n) is 19.9. The number of halogens is 1. The van der Waals surface area contributed by atoms with E-state index in [-0.39, 0.29) is 5.75 Å². The van der Waals surface area contributed by atoms with Crippen LogP contribution in [0.25, 0.3) is 5.69 Å². The number of ether oxygens (including phenoxy) is 1. The summed E-state index contributed by atoms with van der Waals surface area (Å²) in [5, 5.41) is 15.5. The smallest absolute Gasteiger partial charge is 0.227 e. The molecule has 0 radical (unpaired) electrons. The van der Waals surface area contributed by atoms with Crippen molar-refractivity contribution in [3.8, 4) is 17.3 Å². The van der Waals surface area contributed by atoms with Crippen LogP contribution in [0.2, 0.25) is 0 Å². The number of aliphatic hydroxyl groups excluding tert-OH is 1. The molecule has 0 aliphatic heterocycles. The van der Waals surface area contributed by atoms with Crippen LogP contribution >= 0.6 is 0 Å². The zero-order chi connectivity index (χ0) is 23.9. The molecule has 1 N–H and O–H groups in total. The summed E-state index contributed by atoms with van der Waals surface area (Å²) < 4.78 is 22.5. The number of hydrogen-bond acceptors (Lipinski definition) is 4. The minimum absolute atomic E-state index is 0.170. The molecule has 1 fully saturated rings. The molecule has 0 bridgehead atoms. The van der Waals surface area contributed by atoms with Crippen molar-refractivity contribution in [1.29, 1.82) is 0 Å². The van der Waals surface area contributed by atoms with E-state index < -0.39 is 11.9 Å². The van der Waals surface area contributed by atoms with Gasteiger partial charge in [0, 0.05) is 19.6 Å². The van der Waals surface area contributed by atoms with E-state index in [2.05, 4.69) is 18.4 Å². The summed E-state index contributed by atoms with van der Waals surface area (Å²) in [6.07, 6.45) is 6.05. The van der Waals surface area contributed by atoms with E-state index in [1.165, 1.54) is 18.9 Å². The van der Waals surface area contributed by atoms with Crippen LogP contribution in [0.1, 0.15) is 43.9 Å². The third-order valence-electron chi connectivity index (χ3n) is 6.17. The van der Waals surface area contributed by atoms with Gasteiger partial charge in [0.05, 0.1) is 23.0 Å². The molecule has 0 amide bonds. The quantitative estimate of drug-likeness (QED) is 0.321. The minimum Gasteiger partial charge on any atom is -0.435 e. The number of rotatable bonds is 13. The molecule has 1 heterocycles. The molecule has 34 heavy (non-hydrogen) atoms. The maximum absolute atomic E-state index is 14.6. The summed E-state index contributed by atoms with van der Waals surface area (Å²) in [7, 11) is 0. The summed E-state index contributed by atoms with van der Waals surface area (Å²) in [6, 6.07) is 16.2. The molecule has 1 aliphatic carbocycles. The molecule has 180 valence electrons. The number of benzene rings is 2. The Morgan fingerprint density at radius 2 is 1.94 bits per heavy atom. The van der Waals surface area contributed by atoms with Crippen molar-refractivity contribution in [2.45, 2.75) is 51.7 Å². The van der Waals surface area contributed by atoms with Crippen LogP contribution < -0.4 is 4.74 Å². The van der Waals surface area contributed by atoms with Crippen molar-refractivity contribution in [3.63, 3.8) is 0 Å². The summed E-state index contributed by atoms with van der Waals surface area (Å²) in [5.41, 5.74) is 2.71. The molecular weight excluding hydrogens is 429 g/mol. The highest BCUT2D eigenvalue weighted by atomic mass is 19.1. The summed E-state index contributed by atoms with van der Waals surface area (Å²) in [4.78, 5) is 2.30. The van der Waals surface area contributed by atoms with Crippen molar-refractivity contribution in [3.05, 3.63) is 84.3 Å². The first-order valence-electron chi connectivity index (χ1n) is 12.2. The van der Waals surface area contributed by atoms with Gasteiger partial charge < -0.3 is 9.84 Å². The van der Waals surface area contributed by atoms with E-state index in [1.807, 2.05) is 36.4 Å².